The van der Waals surface area contributed by atoms with Crippen LogP contribution in [-0.2, 0) is 4.79 Å². The first-order chi connectivity index (χ1) is 13.6. The van der Waals surface area contributed by atoms with Crippen LogP contribution in [0.3, 0.4) is 0 Å². The number of rotatable bonds is 5. The van der Waals surface area contributed by atoms with Crippen molar-refractivity contribution in [2.24, 2.45) is 11.7 Å². The molecular weight excluding hydrogens is 359 g/mol. The highest BCUT2D eigenvalue weighted by molar-refractivity contribution is 5.76. The van der Waals surface area contributed by atoms with Crippen molar-refractivity contribution in [3.05, 3.63) is 71.9 Å². The van der Waals surface area contributed by atoms with E-state index in [2.05, 4.69) is 15.1 Å². The average Bonchev–Trinajstić information content (AvgIpc) is 3.20. The van der Waals surface area contributed by atoms with Crippen molar-refractivity contribution < 1.29 is 13.6 Å². The molecule has 1 saturated heterocycles. The van der Waals surface area contributed by atoms with E-state index in [0.717, 1.165) is 11.1 Å². The van der Waals surface area contributed by atoms with Crippen LogP contribution >= 0.6 is 0 Å². The highest BCUT2D eigenvalue weighted by Gasteiger charge is 2.32. The van der Waals surface area contributed by atoms with Crippen LogP contribution in [0.5, 0.6) is 0 Å². The molecule has 2 aromatic carbocycles. The second-order valence-electron chi connectivity index (χ2n) is 6.98. The smallest absolute Gasteiger partial charge is 0.247 e. The molecule has 28 heavy (non-hydrogen) atoms. The minimum absolute atomic E-state index is 0.118. The Bertz CT molecular complexity index is 935. The third-order valence-electron chi connectivity index (χ3n) is 5.18. The standard InChI is InChI=1S/C21H21FN4O2/c22-17-8-6-14(7-9-17)18(26-12-10-15(11-13-26)19(23)27)21-25-24-20(28-21)16-4-2-1-3-5-16/h1-9,15,18H,10-13H2,(H2,23,27)/t18-/m0/s1. The molecule has 1 fully saturated rings. The van der Waals surface area contributed by atoms with Crippen LogP contribution in [0, 0.1) is 11.7 Å². The molecule has 0 radical (unpaired) electrons. The predicted octanol–water partition coefficient (Wildman–Crippen LogP) is 3.16. The number of aromatic nitrogens is 2. The van der Waals surface area contributed by atoms with Crippen molar-refractivity contribution in [3.8, 4) is 11.5 Å². The van der Waals surface area contributed by atoms with Crippen LogP contribution < -0.4 is 5.73 Å². The Labute approximate surface area is 162 Å². The molecule has 2 heterocycles. The molecule has 0 aliphatic carbocycles. The largest absolute Gasteiger partial charge is 0.419 e. The molecular formula is C21H21FN4O2. The number of halogens is 1. The van der Waals surface area contributed by atoms with Crippen LogP contribution in [0.4, 0.5) is 4.39 Å². The Hall–Kier alpha value is -3.06. The number of nitrogens with zero attached hydrogens (tertiary/aromatic N) is 3. The van der Waals surface area contributed by atoms with Crippen LogP contribution in [0.2, 0.25) is 0 Å². The topological polar surface area (TPSA) is 85.3 Å². The first-order valence-corrected chi connectivity index (χ1v) is 9.29. The summed E-state index contributed by atoms with van der Waals surface area (Å²) in [5.41, 5.74) is 7.16. The second-order valence-corrected chi connectivity index (χ2v) is 6.98. The van der Waals surface area contributed by atoms with Gasteiger partial charge in [0, 0.05) is 11.5 Å². The monoisotopic (exact) mass is 380 g/mol. The van der Waals surface area contributed by atoms with Gasteiger partial charge in [0.05, 0.1) is 0 Å². The summed E-state index contributed by atoms with van der Waals surface area (Å²) >= 11 is 0. The van der Waals surface area contributed by atoms with Gasteiger partial charge in [-0.05, 0) is 55.8 Å². The SMILES string of the molecule is NC(=O)C1CCN([C@@H](c2ccc(F)cc2)c2nnc(-c3ccccc3)o2)CC1. The predicted molar refractivity (Wildman–Crippen MR) is 101 cm³/mol. The van der Waals surface area contributed by atoms with Crippen molar-refractivity contribution >= 4 is 5.91 Å². The molecule has 0 bridgehead atoms. The van der Waals surface area contributed by atoms with Gasteiger partial charge >= 0.3 is 0 Å². The summed E-state index contributed by atoms with van der Waals surface area (Å²) in [6.45, 7) is 1.33. The Kier molecular flexibility index (Phi) is 5.16. The first-order valence-electron chi connectivity index (χ1n) is 9.29. The number of likely N-dealkylation sites (tertiary alicyclic amines) is 1. The van der Waals surface area contributed by atoms with Crippen molar-refractivity contribution in [1.29, 1.82) is 0 Å². The number of amides is 1. The van der Waals surface area contributed by atoms with Gasteiger partial charge in [-0.25, -0.2) is 4.39 Å². The average molecular weight is 380 g/mol. The van der Waals surface area contributed by atoms with Crippen molar-refractivity contribution in [2.75, 3.05) is 13.1 Å². The van der Waals surface area contributed by atoms with Crippen LogP contribution in [0.25, 0.3) is 11.5 Å². The number of hydrogen-bond acceptors (Lipinski definition) is 5. The Morgan fingerprint density at radius 2 is 1.75 bits per heavy atom. The lowest BCUT2D eigenvalue weighted by atomic mass is 9.93. The van der Waals surface area contributed by atoms with Gasteiger partial charge in [-0.3, -0.25) is 9.69 Å². The third-order valence-corrected chi connectivity index (χ3v) is 5.18. The van der Waals surface area contributed by atoms with Gasteiger partial charge in [0.15, 0.2) is 0 Å². The quantitative estimate of drug-likeness (QED) is 0.735. The lowest BCUT2D eigenvalue weighted by molar-refractivity contribution is -0.123. The number of piperidine rings is 1. The Morgan fingerprint density at radius 3 is 2.39 bits per heavy atom. The minimum Gasteiger partial charge on any atom is -0.419 e. The molecule has 1 amide bonds. The molecule has 0 unspecified atom stereocenters. The van der Waals surface area contributed by atoms with E-state index in [4.69, 9.17) is 10.2 Å². The van der Waals surface area contributed by atoms with Crippen molar-refractivity contribution in [1.82, 2.24) is 15.1 Å². The number of carbonyl (C=O) groups excluding carboxylic acids is 1. The van der Waals surface area contributed by atoms with E-state index < -0.39 is 0 Å². The zero-order chi connectivity index (χ0) is 19.5. The summed E-state index contributed by atoms with van der Waals surface area (Å²) in [6, 6.07) is 15.5. The molecule has 7 heteroatoms. The molecule has 1 aliphatic rings. The normalized spacial score (nSPS) is 16.8. The number of hydrogen-bond donors (Lipinski definition) is 1. The number of nitrogens with two attached hydrogens (primary N) is 1. The molecule has 1 aromatic heterocycles. The lowest BCUT2D eigenvalue weighted by Crippen LogP contribution is -2.40. The van der Waals surface area contributed by atoms with E-state index in [-0.39, 0.29) is 23.7 Å². The van der Waals surface area contributed by atoms with E-state index in [1.165, 1.54) is 12.1 Å². The maximum atomic E-state index is 13.4. The summed E-state index contributed by atoms with van der Waals surface area (Å²) < 4.78 is 19.4. The molecule has 1 aliphatic heterocycles. The minimum atomic E-state index is -0.306. The first kappa shape index (κ1) is 18.3. The van der Waals surface area contributed by atoms with Gasteiger partial charge < -0.3 is 10.2 Å². The van der Waals surface area contributed by atoms with E-state index in [1.807, 2.05) is 30.3 Å². The third kappa shape index (κ3) is 3.80. The van der Waals surface area contributed by atoms with Gasteiger partial charge in [-0.2, -0.15) is 0 Å². The highest BCUT2D eigenvalue weighted by Crippen LogP contribution is 2.33. The summed E-state index contributed by atoms with van der Waals surface area (Å²) in [5.74, 6) is 0.206. The molecule has 4 rings (SSSR count). The Morgan fingerprint density at radius 1 is 1.07 bits per heavy atom. The maximum Gasteiger partial charge on any atom is 0.247 e. The molecule has 6 nitrogen and oxygen atoms in total. The molecule has 1 atom stereocenters. The van der Waals surface area contributed by atoms with Gasteiger partial charge in [0.2, 0.25) is 17.7 Å². The summed E-state index contributed by atoms with van der Waals surface area (Å²) in [5, 5.41) is 8.47. The Balaban J connectivity index is 1.65. The zero-order valence-electron chi connectivity index (χ0n) is 15.3. The van der Waals surface area contributed by atoms with Crippen molar-refractivity contribution in [2.45, 2.75) is 18.9 Å². The van der Waals surface area contributed by atoms with Crippen molar-refractivity contribution in [3.63, 3.8) is 0 Å². The van der Waals surface area contributed by atoms with Gasteiger partial charge in [0.25, 0.3) is 0 Å². The lowest BCUT2D eigenvalue weighted by Gasteiger charge is -2.35. The van der Waals surface area contributed by atoms with E-state index in [1.54, 1.807) is 12.1 Å². The molecule has 3 aromatic rings. The number of carbonyl (C=O) groups is 1. The van der Waals surface area contributed by atoms with Crippen LogP contribution in [0.15, 0.2) is 59.0 Å². The van der Waals surface area contributed by atoms with Crippen LogP contribution in [0.1, 0.15) is 30.3 Å². The summed E-state index contributed by atoms with van der Waals surface area (Å²) in [6.07, 6.45) is 1.35. The molecule has 0 saturated carbocycles. The van der Waals surface area contributed by atoms with Gasteiger partial charge in [0.1, 0.15) is 11.9 Å². The fourth-order valence-corrected chi connectivity index (χ4v) is 3.64. The van der Waals surface area contributed by atoms with E-state index in [0.29, 0.717) is 37.7 Å². The summed E-state index contributed by atoms with van der Waals surface area (Å²) in [7, 11) is 0. The molecule has 0 spiro atoms. The zero-order valence-corrected chi connectivity index (χ0v) is 15.3. The number of primary amides is 1. The van der Waals surface area contributed by atoms with E-state index >= 15 is 0 Å². The van der Waals surface area contributed by atoms with Gasteiger partial charge in [-0.1, -0.05) is 30.3 Å². The van der Waals surface area contributed by atoms with Gasteiger partial charge in [-0.15, -0.1) is 10.2 Å². The number of benzene rings is 2. The fraction of sp³-hybridized carbons (Fsp3) is 0.286. The highest BCUT2D eigenvalue weighted by atomic mass is 19.1. The fourth-order valence-electron chi connectivity index (χ4n) is 3.64. The van der Waals surface area contributed by atoms with Crippen LogP contribution in [-0.4, -0.2) is 34.1 Å². The van der Waals surface area contributed by atoms with E-state index in [9.17, 15) is 9.18 Å². The maximum absolute atomic E-state index is 13.4. The second kappa shape index (κ2) is 7.90. The molecule has 2 N–H and O–H groups in total. The summed E-state index contributed by atoms with van der Waals surface area (Å²) in [4.78, 5) is 13.7. The molecule has 144 valence electrons.